The molecule has 3 rings (SSSR count). The van der Waals surface area contributed by atoms with Crippen molar-refractivity contribution in [2.24, 2.45) is 0 Å². The molecule has 1 N–H and O–H groups in total. The minimum Gasteiger partial charge on any atom is -0.350 e. The topological polar surface area (TPSA) is 30.5 Å². The SMILES string of the molecule is CNC(CC1OCCO1)c1ccc(C2CCC2)cc1. The Labute approximate surface area is 115 Å². The van der Waals surface area contributed by atoms with Crippen LogP contribution in [0.1, 0.15) is 48.8 Å². The van der Waals surface area contributed by atoms with Gasteiger partial charge in [-0.3, -0.25) is 0 Å². The highest BCUT2D eigenvalue weighted by Gasteiger charge is 2.23. The Morgan fingerprint density at radius 3 is 2.37 bits per heavy atom. The Bertz CT molecular complexity index is 394. The summed E-state index contributed by atoms with van der Waals surface area (Å²) in [5, 5.41) is 3.36. The molecule has 3 nitrogen and oxygen atoms in total. The van der Waals surface area contributed by atoms with Crippen LogP contribution in [0, 0.1) is 0 Å². The van der Waals surface area contributed by atoms with E-state index in [-0.39, 0.29) is 6.29 Å². The third kappa shape index (κ3) is 2.99. The van der Waals surface area contributed by atoms with Crippen molar-refractivity contribution >= 4 is 0 Å². The molecule has 1 aliphatic heterocycles. The van der Waals surface area contributed by atoms with Crippen LogP contribution >= 0.6 is 0 Å². The number of nitrogens with one attached hydrogen (secondary N) is 1. The van der Waals surface area contributed by atoms with Crippen molar-refractivity contribution in [2.45, 2.75) is 43.9 Å². The zero-order chi connectivity index (χ0) is 13.1. The molecule has 1 unspecified atom stereocenters. The fourth-order valence-corrected chi connectivity index (χ4v) is 2.90. The summed E-state index contributed by atoms with van der Waals surface area (Å²) in [4.78, 5) is 0. The summed E-state index contributed by atoms with van der Waals surface area (Å²) in [7, 11) is 2.00. The molecule has 3 heteroatoms. The fourth-order valence-electron chi connectivity index (χ4n) is 2.90. The standard InChI is InChI=1S/C16H23NO2/c1-17-15(11-16-18-9-10-19-16)14-7-5-13(6-8-14)12-3-2-4-12/h5-8,12,15-17H,2-4,9-11H2,1H3. The van der Waals surface area contributed by atoms with Crippen LogP contribution in [0.15, 0.2) is 24.3 Å². The third-order valence-corrected chi connectivity index (χ3v) is 4.38. The van der Waals surface area contributed by atoms with Crippen LogP contribution in [-0.2, 0) is 9.47 Å². The molecule has 0 radical (unpaired) electrons. The van der Waals surface area contributed by atoms with Crippen molar-refractivity contribution in [3.63, 3.8) is 0 Å². The van der Waals surface area contributed by atoms with Crippen LogP contribution in [-0.4, -0.2) is 26.6 Å². The zero-order valence-corrected chi connectivity index (χ0v) is 11.6. The monoisotopic (exact) mass is 261 g/mol. The molecule has 0 spiro atoms. The van der Waals surface area contributed by atoms with Gasteiger partial charge in [0.05, 0.1) is 13.2 Å². The molecule has 0 amide bonds. The van der Waals surface area contributed by atoms with Crippen molar-refractivity contribution in [1.82, 2.24) is 5.32 Å². The van der Waals surface area contributed by atoms with Gasteiger partial charge < -0.3 is 14.8 Å². The Morgan fingerprint density at radius 1 is 1.16 bits per heavy atom. The minimum absolute atomic E-state index is 0.0521. The van der Waals surface area contributed by atoms with E-state index < -0.39 is 0 Å². The molecular weight excluding hydrogens is 238 g/mol. The van der Waals surface area contributed by atoms with Gasteiger partial charge in [-0.2, -0.15) is 0 Å². The molecular formula is C16H23NO2. The number of benzene rings is 1. The average Bonchev–Trinajstić information content (AvgIpc) is 2.88. The second-order valence-electron chi connectivity index (χ2n) is 5.54. The lowest BCUT2D eigenvalue weighted by molar-refractivity contribution is -0.0526. The summed E-state index contributed by atoms with van der Waals surface area (Å²) in [6.07, 6.45) is 4.93. The lowest BCUT2D eigenvalue weighted by Gasteiger charge is -2.26. The van der Waals surface area contributed by atoms with Crippen LogP contribution in [0.2, 0.25) is 0 Å². The molecule has 2 aliphatic rings. The first kappa shape index (κ1) is 13.1. The van der Waals surface area contributed by atoms with E-state index in [4.69, 9.17) is 9.47 Å². The van der Waals surface area contributed by atoms with Crippen LogP contribution in [0.4, 0.5) is 0 Å². The maximum atomic E-state index is 5.53. The highest BCUT2D eigenvalue weighted by molar-refractivity contribution is 5.28. The molecule has 104 valence electrons. The summed E-state index contributed by atoms with van der Waals surface area (Å²) in [5.41, 5.74) is 2.82. The summed E-state index contributed by atoms with van der Waals surface area (Å²) in [5.74, 6) is 0.809. The number of hydrogen-bond acceptors (Lipinski definition) is 3. The smallest absolute Gasteiger partial charge is 0.159 e. The second-order valence-corrected chi connectivity index (χ2v) is 5.54. The van der Waals surface area contributed by atoms with Crippen molar-refractivity contribution in [1.29, 1.82) is 0 Å². The fraction of sp³-hybridized carbons (Fsp3) is 0.625. The van der Waals surface area contributed by atoms with E-state index in [2.05, 4.69) is 29.6 Å². The summed E-state index contributed by atoms with van der Waals surface area (Å²) >= 11 is 0. The molecule has 1 aliphatic carbocycles. The highest BCUT2D eigenvalue weighted by atomic mass is 16.7. The quantitative estimate of drug-likeness (QED) is 0.884. The summed E-state index contributed by atoms with van der Waals surface area (Å²) in [6.45, 7) is 1.45. The van der Waals surface area contributed by atoms with Gasteiger partial charge >= 0.3 is 0 Å². The lowest BCUT2D eigenvalue weighted by atomic mass is 9.80. The summed E-state index contributed by atoms with van der Waals surface area (Å²) in [6, 6.07) is 9.39. The normalized spacial score (nSPS) is 22.4. The first-order valence-corrected chi connectivity index (χ1v) is 7.37. The third-order valence-electron chi connectivity index (χ3n) is 4.38. The maximum absolute atomic E-state index is 5.53. The highest BCUT2D eigenvalue weighted by Crippen LogP contribution is 2.36. The van der Waals surface area contributed by atoms with E-state index in [9.17, 15) is 0 Å². The van der Waals surface area contributed by atoms with Gasteiger partial charge in [-0.1, -0.05) is 30.7 Å². The van der Waals surface area contributed by atoms with Crippen molar-refractivity contribution < 1.29 is 9.47 Å². The Hall–Kier alpha value is -0.900. The van der Waals surface area contributed by atoms with E-state index in [1.54, 1.807) is 0 Å². The van der Waals surface area contributed by atoms with Gasteiger partial charge in [0.15, 0.2) is 6.29 Å². The van der Waals surface area contributed by atoms with Crippen LogP contribution < -0.4 is 5.32 Å². The molecule has 19 heavy (non-hydrogen) atoms. The Morgan fingerprint density at radius 2 is 1.84 bits per heavy atom. The predicted octanol–water partition coefficient (Wildman–Crippen LogP) is 2.98. The molecule has 2 fully saturated rings. The largest absolute Gasteiger partial charge is 0.350 e. The molecule has 1 aromatic carbocycles. The number of hydrogen-bond donors (Lipinski definition) is 1. The lowest BCUT2D eigenvalue weighted by Crippen LogP contribution is -2.23. The molecule has 1 heterocycles. The van der Waals surface area contributed by atoms with Crippen molar-refractivity contribution in [3.05, 3.63) is 35.4 Å². The zero-order valence-electron chi connectivity index (χ0n) is 11.6. The maximum Gasteiger partial charge on any atom is 0.159 e. The number of rotatable bonds is 5. The number of ether oxygens (including phenoxy) is 2. The predicted molar refractivity (Wildman–Crippen MR) is 75.1 cm³/mol. The van der Waals surface area contributed by atoms with E-state index in [0.29, 0.717) is 6.04 Å². The van der Waals surface area contributed by atoms with Gasteiger partial charge in [0, 0.05) is 12.5 Å². The first-order valence-electron chi connectivity index (χ1n) is 7.37. The minimum atomic E-state index is -0.0521. The van der Waals surface area contributed by atoms with E-state index >= 15 is 0 Å². The van der Waals surface area contributed by atoms with Gasteiger partial charge in [0.25, 0.3) is 0 Å². The molecule has 1 aromatic rings. The van der Waals surface area contributed by atoms with E-state index in [1.807, 2.05) is 7.05 Å². The van der Waals surface area contributed by atoms with Crippen LogP contribution in [0.5, 0.6) is 0 Å². The van der Waals surface area contributed by atoms with Gasteiger partial charge in [-0.05, 0) is 36.9 Å². The van der Waals surface area contributed by atoms with Crippen LogP contribution in [0.3, 0.4) is 0 Å². The Kier molecular flexibility index (Phi) is 4.16. The molecule has 0 aromatic heterocycles. The molecule has 1 atom stereocenters. The van der Waals surface area contributed by atoms with Crippen molar-refractivity contribution in [3.8, 4) is 0 Å². The average molecular weight is 261 g/mol. The van der Waals surface area contributed by atoms with E-state index in [0.717, 1.165) is 25.6 Å². The summed E-state index contributed by atoms with van der Waals surface area (Å²) < 4.78 is 11.1. The van der Waals surface area contributed by atoms with Gasteiger partial charge in [0.1, 0.15) is 0 Å². The van der Waals surface area contributed by atoms with Gasteiger partial charge in [-0.25, -0.2) is 0 Å². The molecule has 1 saturated carbocycles. The van der Waals surface area contributed by atoms with Gasteiger partial charge in [-0.15, -0.1) is 0 Å². The Balaban J connectivity index is 1.64. The molecule has 1 saturated heterocycles. The van der Waals surface area contributed by atoms with Gasteiger partial charge in [0.2, 0.25) is 0 Å². The molecule has 0 bridgehead atoms. The van der Waals surface area contributed by atoms with Crippen molar-refractivity contribution in [2.75, 3.05) is 20.3 Å². The first-order chi connectivity index (χ1) is 9.36. The van der Waals surface area contributed by atoms with Crippen LogP contribution in [0.25, 0.3) is 0 Å². The van der Waals surface area contributed by atoms with E-state index in [1.165, 1.54) is 30.4 Å². The second kappa shape index (κ2) is 6.04.